The number of pyridine rings is 1. The summed E-state index contributed by atoms with van der Waals surface area (Å²) in [4.78, 5) is 7.98. The Labute approximate surface area is 191 Å². The number of aromatic nitrogens is 1. The van der Waals surface area contributed by atoms with Crippen LogP contribution in [-0.2, 0) is 6.42 Å². The number of nitrogens with zero attached hydrogens (tertiary/aromatic N) is 2. The molecule has 0 amide bonds. The van der Waals surface area contributed by atoms with Crippen molar-refractivity contribution in [1.82, 2.24) is 4.98 Å². The second-order valence-corrected chi connectivity index (χ2v) is 7.52. The molecule has 0 saturated carbocycles. The number of rotatable bonds is 6. The highest BCUT2D eigenvalue weighted by atomic mass is 35.5. The Morgan fingerprint density at radius 2 is 1.71 bits per heavy atom. The van der Waals surface area contributed by atoms with E-state index in [1.807, 2.05) is 0 Å². The molecule has 1 heterocycles. The molecule has 0 N–H and O–H groups in total. The molecule has 0 aliphatic carbocycles. The van der Waals surface area contributed by atoms with Gasteiger partial charge in [0.05, 0.1) is 22.1 Å². The SMILES string of the molecule is CCCCCc1c(F)cc(-c2ccc(C#Cc3ncc(N=C=S)cc3Cl)cc2)cc1F. The first-order valence-corrected chi connectivity index (χ1v) is 10.6. The van der Waals surface area contributed by atoms with Gasteiger partial charge in [-0.05, 0) is 72.4 Å². The summed E-state index contributed by atoms with van der Waals surface area (Å²) in [5.74, 6) is 4.88. The van der Waals surface area contributed by atoms with Gasteiger partial charge in [0.1, 0.15) is 17.3 Å². The van der Waals surface area contributed by atoms with E-state index < -0.39 is 11.6 Å². The molecular formula is C25H19ClF2N2S. The summed E-state index contributed by atoms with van der Waals surface area (Å²) in [7, 11) is 0. The largest absolute Gasteiger partial charge is 0.244 e. The first kappa shape index (κ1) is 22.8. The number of halogens is 3. The lowest BCUT2D eigenvalue weighted by atomic mass is 9.99. The van der Waals surface area contributed by atoms with Crippen molar-refractivity contribution in [2.75, 3.05) is 0 Å². The molecule has 2 aromatic carbocycles. The van der Waals surface area contributed by atoms with Gasteiger partial charge in [0, 0.05) is 11.1 Å². The third kappa shape index (κ3) is 6.06. The van der Waals surface area contributed by atoms with Gasteiger partial charge < -0.3 is 0 Å². The molecule has 6 heteroatoms. The standard InChI is InChI=1S/C25H19ClF2N2S/c1-2-3-4-5-21-23(27)12-19(13-24(21)28)18-9-6-17(7-10-18)8-11-25-22(26)14-20(15-29-25)30-16-31/h6-7,9-10,12-15H,2-5H2,1H3. The third-order valence-electron chi connectivity index (χ3n) is 4.72. The Morgan fingerprint density at radius 3 is 2.32 bits per heavy atom. The summed E-state index contributed by atoms with van der Waals surface area (Å²) in [5.41, 5.74) is 3.00. The van der Waals surface area contributed by atoms with Gasteiger partial charge in [-0.2, -0.15) is 4.99 Å². The van der Waals surface area contributed by atoms with E-state index in [1.165, 1.54) is 18.3 Å². The highest BCUT2D eigenvalue weighted by molar-refractivity contribution is 7.78. The van der Waals surface area contributed by atoms with Crippen LogP contribution < -0.4 is 0 Å². The highest BCUT2D eigenvalue weighted by Gasteiger charge is 2.12. The van der Waals surface area contributed by atoms with Crippen LogP contribution in [-0.4, -0.2) is 10.1 Å². The van der Waals surface area contributed by atoms with E-state index in [9.17, 15) is 8.78 Å². The highest BCUT2D eigenvalue weighted by Crippen LogP contribution is 2.26. The van der Waals surface area contributed by atoms with Gasteiger partial charge in [-0.15, -0.1) is 0 Å². The van der Waals surface area contributed by atoms with Gasteiger partial charge in [0.25, 0.3) is 0 Å². The topological polar surface area (TPSA) is 25.2 Å². The van der Waals surface area contributed by atoms with Crippen molar-refractivity contribution in [1.29, 1.82) is 0 Å². The van der Waals surface area contributed by atoms with Crippen LogP contribution in [0.15, 0.2) is 53.7 Å². The maximum Gasteiger partial charge on any atom is 0.132 e. The number of isothiocyanates is 1. The van der Waals surface area contributed by atoms with Crippen LogP contribution in [0.25, 0.3) is 11.1 Å². The predicted molar refractivity (Wildman–Crippen MR) is 125 cm³/mol. The lowest BCUT2D eigenvalue weighted by Crippen LogP contribution is -1.97. The van der Waals surface area contributed by atoms with E-state index in [0.29, 0.717) is 34.0 Å². The fourth-order valence-corrected chi connectivity index (χ4v) is 3.38. The minimum atomic E-state index is -0.503. The molecule has 0 spiro atoms. The molecule has 0 bridgehead atoms. The molecule has 3 rings (SSSR count). The van der Waals surface area contributed by atoms with E-state index in [4.69, 9.17) is 11.6 Å². The van der Waals surface area contributed by atoms with Crippen LogP contribution in [0.5, 0.6) is 0 Å². The smallest absolute Gasteiger partial charge is 0.132 e. The molecule has 0 atom stereocenters. The van der Waals surface area contributed by atoms with Gasteiger partial charge in [-0.3, -0.25) is 0 Å². The second kappa shape index (κ2) is 10.9. The lowest BCUT2D eigenvalue weighted by molar-refractivity contribution is 0.546. The van der Waals surface area contributed by atoms with Crippen LogP contribution in [0.2, 0.25) is 5.02 Å². The molecule has 31 heavy (non-hydrogen) atoms. The van der Waals surface area contributed by atoms with Crippen LogP contribution >= 0.6 is 23.8 Å². The second-order valence-electron chi connectivity index (χ2n) is 6.93. The zero-order valence-corrected chi connectivity index (χ0v) is 18.5. The Balaban J connectivity index is 1.78. The van der Waals surface area contributed by atoms with Crippen molar-refractivity contribution in [2.24, 2.45) is 4.99 Å². The first-order valence-electron chi connectivity index (χ1n) is 9.85. The fourth-order valence-electron chi connectivity index (χ4n) is 3.07. The summed E-state index contributed by atoms with van der Waals surface area (Å²) in [6, 6.07) is 11.5. The quantitative estimate of drug-likeness (QED) is 0.167. The molecule has 0 aliphatic rings. The summed E-state index contributed by atoms with van der Waals surface area (Å²) in [6.45, 7) is 2.06. The molecule has 3 aromatic rings. The zero-order chi connectivity index (χ0) is 22.2. The van der Waals surface area contributed by atoms with Gasteiger partial charge >= 0.3 is 0 Å². The maximum atomic E-state index is 14.4. The number of unbranched alkanes of at least 4 members (excludes halogenated alkanes) is 2. The summed E-state index contributed by atoms with van der Waals surface area (Å²) >= 11 is 10.7. The van der Waals surface area contributed by atoms with Crippen LogP contribution in [0, 0.1) is 23.5 Å². The molecule has 156 valence electrons. The average Bonchev–Trinajstić information content (AvgIpc) is 2.75. The first-order chi connectivity index (χ1) is 15.0. The minimum Gasteiger partial charge on any atom is -0.244 e. The van der Waals surface area contributed by atoms with Gasteiger partial charge in [0.15, 0.2) is 0 Å². The fraction of sp³-hybridized carbons (Fsp3) is 0.200. The number of hydrogen-bond acceptors (Lipinski definition) is 3. The van der Waals surface area contributed by atoms with Crippen molar-refractivity contribution >= 4 is 34.7 Å². The summed E-state index contributed by atoms with van der Waals surface area (Å²) in [5, 5.41) is 2.62. The monoisotopic (exact) mass is 452 g/mol. The molecule has 0 aliphatic heterocycles. The van der Waals surface area contributed by atoms with Gasteiger partial charge in [-0.25, -0.2) is 13.8 Å². The Morgan fingerprint density at radius 1 is 1.00 bits per heavy atom. The minimum absolute atomic E-state index is 0.159. The van der Waals surface area contributed by atoms with Crippen molar-refractivity contribution in [3.63, 3.8) is 0 Å². The van der Waals surface area contributed by atoms with E-state index >= 15 is 0 Å². The molecule has 0 fully saturated rings. The van der Waals surface area contributed by atoms with Crippen molar-refractivity contribution < 1.29 is 8.78 Å². The van der Waals surface area contributed by atoms with Crippen LogP contribution in [0.4, 0.5) is 14.5 Å². The molecule has 2 nitrogen and oxygen atoms in total. The van der Waals surface area contributed by atoms with Crippen molar-refractivity contribution in [3.05, 3.63) is 82.1 Å². The van der Waals surface area contributed by atoms with E-state index in [1.54, 1.807) is 30.3 Å². The summed E-state index contributed by atoms with van der Waals surface area (Å²) < 4.78 is 28.9. The van der Waals surface area contributed by atoms with Crippen LogP contribution in [0.3, 0.4) is 0 Å². The Bertz CT molecular complexity index is 1170. The van der Waals surface area contributed by atoms with E-state index in [2.05, 4.69) is 46.1 Å². The van der Waals surface area contributed by atoms with Gasteiger partial charge in [0.2, 0.25) is 0 Å². The number of benzene rings is 2. The molecular weight excluding hydrogens is 434 g/mol. The normalized spacial score (nSPS) is 10.2. The van der Waals surface area contributed by atoms with Gasteiger partial charge in [-0.1, -0.05) is 49.4 Å². The van der Waals surface area contributed by atoms with E-state index in [-0.39, 0.29) is 5.56 Å². The van der Waals surface area contributed by atoms with Crippen molar-refractivity contribution in [3.8, 4) is 23.0 Å². The van der Waals surface area contributed by atoms with E-state index in [0.717, 1.165) is 24.8 Å². The maximum absolute atomic E-state index is 14.4. The lowest BCUT2D eigenvalue weighted by Gasteiger charge is -2.08. The molecule has 1 aromatic heterocycles. The summed E-state index contributed by atoms with van der Waals surface area (Å²) in [6.07, 6.45) is 4.66. The predicted octanol–water partition coefficient (Wildman–Crippen LogP) is 7.55. The number of aliphatic imine (C=N–C) groups is 1. The molecule has 0 radical (unpaired) electrons. The number of hydrogen-bond donors (Lipinski definition) is 0. The third-order valence-corrected chi connectivity index (χ3v) is 5.10. The Kier molecular flexibility index (Phi) is 8.03. The number of thiocarbonyl (C=S) groups is 1. The molecule has 0 saturated heterocycles. The average molecular weight is 453 g/mol. The van der Waals surface area contributed by atoms with Crippen LogP contribution in [0.1, 0.15) is 43.0 Å². The zero-order valence-electron chi connectivity index (χ0n) is 16.9. The Hall–Kier alpha value is -2.90. The van der Waals surface area contributed by atoms with Crippen molar-refractivity contribution in [2.45, 2.75) is 32.6 Å². The molecule has 0 unspecified atom stereocenters.